The van der Waals surface area contributed by atoms with E-state index in [0.717, 1.165) is 67.6 Å². The fourth-order valence-corrected chi connectivity index (χ4v) is 6.04. The summed E-state index contributed by atoms with van der Waals surface area (Å²) in [6, 6.07) is 12.3. The van der Waals surface area contributed by atoms with Gasteiger partial charge in [0.2, 0.25) is 0 Å². The normalized spacial score (nSPS) is 23.0. The van der Waals surface area contributed by atoms with Crippen LogP contribution in [0.2, 0.25) is 0 Å². The highest BCUT2D eigenvalue weighted by Gasteiger charge is 2.46. The highest BCUT2D eigenvalue weighted by atomic mass is 32.1. The van der Waals surface area contributed by atoms with Gasteiger partial charge >= 0.3 is 0 Å². The van der Waals surface area contributed by atoms with E-state index in [0.29, 0.717) is 12.6 Å². The number of thiophene rings is 1. The molecule has 0 radical (unpaired) electrons. The standard InChI is InChI=1S/C25H30N2O3S/c1-18-10-16-31-22(18)24(29)26-13-11-25(12-14-26)17-21(9-15-30-25)27(20-7-8-20)23(28)19-5-3-2-4-6-19/h2-6,10,16,20-21H,7-9,11-15,17H2,1H3. The van der Waals surface area contributed by atoms with E-state index in [-0.39, 0.29) is 23.5 Å². The second-order valence-electron chi connectivity index (χ2n) is 9.21. The number of rotatable bonds is 4. The summed E-state index contributed by atoms with van der Waals surface area (Å²) in [4.78, 5) is 31.2. The summed E-state index contributed by atoms with van der Waals surface area (Å²) in [7, 11) is 0. The summed E-state index contributed by atoms with van der Waals surface area (Å²) < 4.78 is 6.34. The molecule has 5 nitrogen and oxygen atoms in total. The Morgan fingerprint density at radius 3 is 2.45 bits per heavy atom. The number of carbonyl (C=O) groups excluding carboxylic acids is 2. The number of amides is 2. The fourth-order valence-electron chi connectivity index (χ4n) is 5.15. The van der Waals surface area contributed by atoms with Gasteiger partial charge < -0.3 is 14.5 Å². The largest absolute Gasteiger partial charge is 0.375 e. The van der Waals surface area contributed by atoms with E-state index in [1.54, 1.807) is 0 Å². The topological polar surface area (TPSA) is 49.9 Å². The summed E-state index contributed by atoms with van der Waals surface area (Å²) in [6.45, 7) is 4.13. The SMILES string of the molecule is Cc1ccsc1C(=O)N1CCC2(CC1)CC(N(C(=O)c1ccccc1)C1CC1)CCO2. The Kier molecular flexibility index (Phi) is 5.61. The van der Waals surface area contributed by atoms with E-state index >= 15 is 0 Å². The summed E-state index contributed by atoms with van der Waals surface area (Å²) in [6.07, 6.45) is 5.67. The molecule has 3 fully saturated rings. The lowest BCUT2D eigenvalue weighted by Gasteiger charge is -2.48. The molecule has 1 aliphatic carbocycles. The maximum atomic E-state index is 13.3. The van der Waals surface area contributed by atoms with Gasteiger partial charge in [-0.1, -0.05) is 18.2 Å². The molecule has 164 valence electrons. The molecular formula is C25H30N2O3S. The molecule has 5 rings (SSSR count). The number of benzene rings is 1. The molecule has 1 aromatic carbocycles. The summed E-state index contributed by atoms with van der Waals surface area (Å²) in [5.41, 5.74) is 1.62. The van der Waals surface area contributed by atoms with Crippen molar-refractivity contribution in [1.82, 2.24) is 9.80 Å². The van der Waals surface area contributed by atoms with Crippen LogP contribution in [0, 0.1) is 6.92 Å². The molecule has 1 unspecified atom stereocenters. The van der Waals surface area contributed by atoms with Gasteiger partial charge in [0.1, 0.15) is 0 Å². The fraction of sp³-hybridized carbons (Fsp3) is 0.520. The molecule has 0 N–H and O–H groups in total. The van der Waals surface area contributed by atoms with E-state index in [2.05, 4.69) is 4.90 Å². The molecule has 2 saturated heterocycles. The van der Waals surface area contributed by atoms with Crippen LogP contribution in [-0.4, -0.2) is 59.0 Å². The summed E-state index contributed by atoms with van der Waals surface area (Å²) in [5.74, 6) is 0.305. The highest BCUT2D eigenvalue weighted by Crippen LogP contribution is 2.41. The van der Waals surface area contributed by atoms with Gasteiger partial charge in [-0.25, -0.2) is 0 Å². The second kappa shape index (κ2) is 8.40. The molecule has 1 spiro atoms. The average molecular weight is 439 g/mol. The molecule has 2 aromatic rings. The van der Waals surface area contributed by atoms with Crippen LogP contribution in [0.15, 0.2) is 41.8 Å². The Labute approximate surface area is 188 Å². The molecule has 2 amide bonds. The zero-order valence-corrected chi connectivity index (χ0v) is 18.9. The number of aryl methyl sites for hydroxylation is 1. The van der Waals surface area contributed by atoms with Gasteiger partial charge in [0, 0.05) is 37.3 Å². The number of carbonyl (C=O) groups is 2. The lowest BCUT2D eigenvalue weighted by Crippen LogP contribution is -2.55. The zero-order chi connectivity index (χ0) is 21.4. The van der Waals surface area contributed by atoms with Crippen LogP contribution in [0.5, 0.6) is 0 Å². The maximum absolute atomic E-state index is 13.3. The van der Waals surface area contributed by atoms with Crippen molar-refractivity contribution in [3.63, 3.8) is 0 Å². The molecular weight excluding hydrogens is 408 g/mol. The molecule has 1 saturated carbocycles. The maximum Gasteiger partial charge on any atom is 0.264 e. The van der Waals surface area contributed by atoms with Crippen molar-refractivity contribution >= 4 is 23.2 Å². The third-order valence-corrected chi connectivity index (χ3v) is 8.08. The van der Waals surface area contributed by atoms with Crippen LogP contribution in [0.4, 0.5) is 0 Å². The Balaban J connectivity index is 1.27. The highest BCUT2D eigenvalue weighted by molar-refractivity contribution is 7.12. The van der Waals surface area contributed by atoms with Gasteiger partial charge in [-0.3, -0.25) is 9.59 Å². The first-order valence-electron chi connectivity index (χ1n) is 11.4. The molecule has 2 aliphatic heterocycles. The van der Waals surface area contributed by atoms with Gasteiger partial charge in [-0.05, 0) is 74.6 Å². The molecule has 0 bridgehead atoms. The van der Waals surface area contributed by atoms with Gasteiger partial charge in [0.05, 0.1) is 10.5 Å². The van der Waals surface area contributed by atoms with E-state index in [4.69, 9.17) is 4.74 Å². The van der Waals surface area contributed by atoms with Gasteiger partial charge in [-0.2, -0.15) is 0 Å². The minimum Gasteiger partial charge on any atom is -0.375 e. The molecule has 3 aliphatic rings. The number of ether oxygens (including phenoxy) is 1. The predicted molar refractivity (Wildman–Crippen MR) is 122 cm³/mol. The Morgan fingerprint density at radius 1 is 1.06 bits per heavy atom. The molecule has 31 heavy (non-hydrogen) atoms. The molecule has 3 heterocycles. The predicted octanol–water partition coefficient (Wildman–Crippen LogP) is 4.52. The van der Waals surface area contributed by atoms with Gasteiger partial charge in [0.15, 0.2) is 0 Å². The van der Waals surface area contributed by atoms with Crippen LogP contribution in [0.25, 0.3) is 0 Å². The van der Waals surface area contributed by atoms with Crippen molar-refractivity contribution in [2.75, 3.05) is 19.7 Å². The molecule has 1 atom stereocenters. The quantitative estimate of drug-likeness (QED) is 0.705. The van der Waals surface area contributed by atoms with Crippen molar-refractivity contribution < 1.29 is 14.3 Å². The third kappa shape index (κ3) is 4.15. The number of likely N-dealkylation sites (tertiary alicyclic amines) is 1. The minimum atomic E-state index is -0.214. The first-order chi connectivity index (χ1) is 15.1. The summed E-state index contributed by atoms with van der Waals surface area (Å²) in [5, 5.41) is 1.99. The van der Waals surface area contributed by atoms with E-state index in [9.17, 15) is 9.59 Å². The second-order valence-corrected chi connectivity index (χ2v) is 10.1. The van der Waals surface area contributed by atoms with Crippen molar-refractivity contribution in [2.45, 2.75) is 63.1 Å². The van der Waals surface area contributed by atoms with Crippen LogP contribution in [-0.2, 0) is 4.74 Å². The Bertz CT molecular complexity index is 945. The smallest absolute Gasteiger partial charge is 0.264 e. The number of piperidine rings is 1. The number of hydrogen-bond donors (Lipinski definition) is 0. The van der Waals surface area contributed by atoms with Crippen LogP contribution >= 0.6 is 11.3 Å². The Morgan fingerprint density at radius 2 is 1.81 bits per heavy atom. The monoisotopic (exact) mass is 438 g/mol. The average Bonchev–Trinajstić information content (AvgIpc) is 3.53. The minimum absolute atomic E-state index is 0.147. The number of nitrogens with zero attached hydrogens (tertiary/aromatic N) is 2. The first kappa shape index (κ1) is 20.7. The van der Waals surface area contributed by atoms with Crippen molar-refractivity contribution in [3.05, 3.63) is 57.8 Å². The van der Waals surface area contributed by atoms with Crippen LogP contribution in [0.3, 0.4) is 0 Å². The van der Waals surface area contributed by atoms with Gasteiger partial charge in [0.25, 0.3) is 11.8 Å². The first-order valence-corrected chi connectivity index (χ1v) is 12.3. The van der Waals surface area contributed by atoms with Crippen LogP contribution in [0.1, 0.15) is 64.1 Å². The van der Waals surface area contributed by atoms with Gasteiger partial charge in [-0.15, -0.1) is 11.3 Å². The van der Waals surface area contributed by atoms with E-state index < -0.39 is 0 Å². The number of hydrogen-bond acceptors (Lipinski definition) is 4. The lowest BCUT2D eigenvalue weighted by molar-refractivity contribution is -0.126. The lowest BCUT2D eigenvalue weighted by atomic mass is 9.81. The van der Waals surface area contributed by atoms with Crippen molar-refractivity contribution in [3.8, 4) is 0 Å². The van der Waals surface area contributed by atoms with Crippen molar-refractivity contribution in [2.24, 2.45) is 0 Å². The third-order valence-electron chi connectivity index (χ3n) is 7.07. The summed E-state index contributed by atoms with van der Waals surface area (Å²) >= 11 is 1.53. The van der Waals surface area contributed by atoms with Crippen LogP contribution < -0.4 is 0 Å². The van der Waals surface area contributed by atoms with E-state index in [1.807, 2.05) is 53.6 Å². The molecule has 6 heteroatoms. The van der Waals surface area contributed by atoms with Crippen molar-refractivity contribution in [1.29, 1.82) is 0 Å². The Hall–Kier alpha value is -2.18. The molecule has 1 aromatic heterocycles. The zero-order valence-electron chi connectivity index (χ0n) is 18.1. The van der Waals surface area contributed by atoms with E-state index in [1.165, 1.54) is 11.3 Å².